The van der Waals surface area contributed by atoms with Crippen LogP contribution in [0.5, 0.6) is 0 Å². The Labute approximate surface area is 88.5 Å². The van der Waals surface area contributed by atoms with Crippen molar-refractivity contribution in [3.05, 3.63) is 15.6 Å². The summed E-state index contributed by atoms with van der Waals surface area (Å²) < 4.78 is 5.61. The van der Waals surface area contributed by atoms with E-state index in [-0.39, 0.29) is 6.10 Å². The summed E-state index contributed by atoms with van der Waals surface area (Å²) in [5.41, 5.74) is 1.15. The molecule has 1 aliphatic heterocycles. The molecule has 1 atom stereocenters. The summed E-state index contributed by atoms with van der Waals surface area (Å²) >= 11 is 1.78. The van der Waals surface area contributed by atoms with Gasteiger partial charge < -0.3 is 10.1 Å². The van der Waals surface area contributed by atoms with Crippen LogP contribution >= 0.6 is 11.3 Å². The number of ether oxygens (including phenoxy) is 1. The normalized spacial score (nSPS) is 21.7. The second-order valence-corrected chi connectivity index (χ2v) is 4.71. The smallest absolute Gasteiger partial charge is 0.122 e. The molecule has 4 heteroatoms. The van der Waals surface area contributed by atoms with Crippen molar-refractivity contribution in [3.8, 4) is 0 Å². The lowest BCUT2D eigenvalue weighted by Gasteiger charge is -2.03. The van der Waals surface area contributed by atoms with E-state index in [0.717, 1.165) is 30.3 Å². The van der Waals surface area contributed by atoms with Crippen LogP contribution in [0.4, 0.5) is 0 Å². The summed E-state index contributed by atoms with van der Waals surface area (Å²) in [7, 11) is 1.96. The van der Waals surface area contributed by atoms with Crippen molar-refractivity contribution in [1.29, 1.82) is 0 Å². The minimum absolute atomic E-state index is 0.268. The van der Waals surface area contributed by atoms with E-state index in [1.54, 1.807) is 11.3 Å². The van der Waals surface area contributed by atoms with Crippen molar-refractivity contribution in [2.75, 3.05) is 13.7 Å². The average Bonchev–Trinajstić information content (AvgIpc) is 2.76. The molecule has 1 saturated heterocycles. The monoisotopic (exact) mass is 212 g/mol. The molecule has 1 aliphatic rings. The largest absolute Gasteiger partial charge is 0.371 e. The van der Waals surface area contributed by atoms with E-state index >= 15 is 0 Å². The van der Waals surface area contributed by atoms with Crippen molar-refractivity contribution >= 4 is 11.3 Å². The van der Waals surface area contributed by atoms with E-state index in [1.807, 2.05) is 7.05 Å². The molecule has 0 spiro atoms. The summed E-state index contributed by atoms with van der Waals surface area (Å²) in [6.45, 7) is 3.88. The fraction of sp³-hybridized carbons (Fsp3) is 0.700. The van der Waals surface area contributed by atoms with Gasteiger partial charge in [0.15, 0.2) is 0 Å². The highest BCUT2D eigenvalue weighted by molar-refractivity contribution is 7.11. The molecule has 78 valence electrons. The second kappa shape index (κ2) is 4.38. The third kappa shape index (κ3) is 1.97. The molecule has 0 saturated carbocycles. The van der Waals surface area contributed by atoms with Gasteiger partial charge in [-0.25, -0.2) is 4.98 Å². The van der Waals surface area contributed by atoms with E-state index in [9.17, 15) is 0 Å². The fourth-order valence-electron chi connectivity index (χ4n) is 1.69. The highest BCUT2D eigenvalue weighted by Gasteiger charge is 2.21. The molecule has 0 bridgehead atoms. The van der Waals surface area contributed by atoms with Crippen molar-refractivity contribution in [2.24, 2.45) is 0 Å². The minimum Gasteiger partial charge on any atom is -0.371 e. The first-order valence-corrected chi connectivity index (χ1v) is 5.85. The number of hydrogen-bond acceptors (Lipinski definition) is 4. The maximum atomic E-state index is 5.61. The molecular weight excluding hydrogens is 196 g/mol. The zero-order valence-corrected chi connectivity index (χ0v) is 9.49. The van der Waals surface area contributed by atoms with Crippen LogP contribution in [0.2, 0.25) is 0 Å². The molecule has 1 aromatic heterocycles. The van der Waals surface area contributed by atoms with Gasteiger partial charge in [0.2, 0.25) is 0 Å². The minimum atomic E-state index is 0.268. The molecular formula is C10H16N2OS. The van der Waals surface area contributed by atoms with Gasteiger partial charge in [-0.1, -0.05) is 0 Å². The Morgan fingerprint density at radius 2 is 2.50 bits per heavy atom. The summed E-state index contributed by atoms with van der Waals surface area (Å²) in [5, 5.41) is 4.32. The van der Waals surface area contributed by atoms with Crippen molar-refractivity contribution in [3.63, 3.8) is 0 Å². The van der Waals surface area contributed by atoms with E-state index in [0.29, 0.717) is 0 Å². The molecule has 0 amide bonds. The van der Waals surface area contributed by atoms with Gasteiger partial charge in [-0.05, 0) is 26.8 Å². The predicted octanol–water partition coefficient (Wildman–Crippen LogP) is 2.02. The van der Waals surface area contributed by atoms with Crippen LogP contribution in [-0.2, 0) is 11.3 Å². The Morgan fingerprint density at radius 1 is 1.64 bits per heavy atom. The van der Waals surface area contributed by atoms with Gasteiger partial charge in [0.05, 0.1) is 5.69 Å². The first-order chi connectivity index (χ1) is 6.81. The Bertz CT molecular complexity index is 305. The Morgan fingerprint density at radius 3 is 3.14 bits per heavy atom. The lowest BCUT2D eigenvalue weighted by atomic mass is 10.2. The number of nitrogens with zero attached hydrogens (tertiary/aromatic N) is 1. The molecule has 0 aliphatic carbocycles. The van der Waals surface area contributed by atoms with E-state index in [2.05, 4.69) is 17.2 Å². The van der Waals surface area contributed by atoms with Crippen LogP contribution in [-0.4, -0.2) is 18.6 Å². The zero-order chi connectivity index (χ0) is 9.97. The summed E-state index contributed by atoms with van der Waals surface area (Å²) in [6.07, 6.45) is 2.57. The fourth-order valence-corrected chi connectivity index (χ4v) is 2.85. The molecule has 1 fully saturated rings. The lowest BCUT2D eigenvalue weighted by Crippen LogP contribution is -2.04. The molecule has 0 aromatic carbocycles. The highest BCUT2D eigenvalue weighted by atomic mass is 32.1. The maximum Gasteiger partial charge on any atom is 0.122 e. The summed E-state index contributed by atoms with van der Waals surface area (Å²) in [4.78, 5) is 5.90. The van der Waals surface area contributed by atoms with Crippen LogP contribution < -0.4 is 5.32 Å². The van der Waals surface area contributed by atoms with Crippen LogP contribution in [0.25, 0.3) is 0 Å². The summed E-state index contributed by atoms with van der Waals surface area (Å²) in [6, 6.07) is 0. The van der Waals surface area contributed by atoms with Crippen molar-refractivity contribution in [1.82, 2.24) is 10.3 Å². The molecule has 1 N–H and O–H groups in total. The van der Waals surface area contributed by atoms with Crippen LogP contribution in [0, 0.1) is 6.92 Å². The number of nitrogens with one attached hydrogen (secondary N) is 1. The van der Waals surface area contributed by atoms with Gasteiger partial charge in [-0.3, -0.25) is 0 Å². The highest BCUT2D eigenvalue weighted by Crippen LogP contribution is 2.32. The third-order valence-corrected chi connectivity index (χ3v) is 3.70. The molecule has 2 heterocycles. The van der Waals surface area contributed by atoms with Crippen LogP contribution in [0.1, 0.15) is 34.5 Å². The topological polar surface area (TPSA) is 34.1 Å². The van der Waals surface area contributed by atoms with E-state index in [1.165, 1.54) is 11.3 Å². The molecule has 0 radical (unpaired) electrons. The van der Waals surface area contributed by atoms with Crippen molar-refractivity contribution in [2.45, 2.75) is 32.4 Å². The van der Waals surface area contributed by atoms with Gasteiger partial charge in [-0.15, -0.1) is 11.3 Å². The van der Waals surface area contributed by atoms with E-state index < -0.39 is 0 Å². The predicted molar refractivity (Wildman–Crippen MR) is 57.5 cm³/mol. The molecule has 14 heavy (non-hydrogen) atoms. The molecule has 1 unspecified atom stereocenters. The van der Waals surface area contributed by atoms with Crippen LogP contribution in [0.15, 0.2) is 0 Å². The third-order valence-electron chi connectivity index (χ3n) is 2.45. The number of aromatic nitrogens is 1. The number of aryl methyl sites for hydroxylation is 1. The maximum absolute atomic E-state index is 5.61. The Balaban J connectivity index is 2.14. The molecule has 2 rings (SSSR count). The SMILES string of the molecule is CNCc1sc(C2CCCO2)nc1C. The zero-order valence-electron chi connectivity index (χ0n) is 8.67. The van der Waals surface area contributed by atoms with Gasteiger partial charge in [0.25, 0.3) is 0 Å². The quantitative estimate of drug-likeness (QED) is 0.832. The van der Waals surface area contributed by atoms with Gasteiger partial charge in [0, 0.05) is 18.0 Å². The average molecular weight is 212 g/mol. The standard InChI is InChI=1S/C10H16N2OS/c1-7-9(6-11-2)14-10(12-7)8-4-3-5-13-8/h8,11H,3-6H2,1-2H3. The number of rotatable bonds is 3. The summed E-state index contributed by atoms with van der Waals surface area (Å²) in [5.74, 6) is 0. The van der Waals surface area contributed by atoms with Crippen LogP contribution in [0.3, 0.4) is 0 Å². The number of thiazole rings is 1. The number of hydrogen-bond donors (Lipinski definition) is 1. The second-order valence-electron chi connectivity index (χ2n) is 3.59. The van der Waals surface area contributed by atoms with Crippen molar-refractivity contribution < 1.29 is 4.74 Å². The van der Waals surface area contributed by atoms with Gasteiger partial charge in [0.1, 0.15) is 11.1 Å². The first-order valence-electron chi connectivity index (χ1n) is 5.03. The van der Waals surface area contributed by atoms with E-state index in [4.69, 9.17) is 4.74 Å². The Kier molecular flexibility index (Phi) is 3.15. The first kappa shape index (κ1) is 10.1. The van der Waals surface area contributed by atoms with Gasteiger partial charge in [-0.2, -0.15) is 0 Å². The molecule has 3 nitrogen and oxygen atoms in total. The lowest BCUT2D eigenvalue weighted by molar-refractivity contribution is 0.111. The Hall–Kier alpha value is -0.450. The molecule has 1 aromatic rings. The van der Waals surface area contributed by atoms with Gasteiger partial charge >= 0.3 is 0 Å².